The van der Waals surface area contributed by atoms with Crippen LogP contribution < -0.4 is 15.8 Å². The number of nitrogens with zero attached hydrogens (tertiary/aromatic N) is 1. The highest BCUT2D eigenvalue weighted by atomic mass is 32.2. The van der Waals surface area contributed by atoms with Crippen LogP contribution in [0.1, 0.15) is 16.9 Å². The first-order valence-electron chi connectivity index (χ1n) is 6.38. The third-order valence-electron chi connectivity index (χ3n) is 2.71. The lowest BCUT2D eigenvalue weighted by Gasteiger charge is -2.06. The van der Waals surface area contributed by atoms with E-state index in [1.54, 1.807) is 37.3 Å². The van der Waals surface area contributed by atoms with E-state index in [1.165, 1.54) is 0 Å². The number of carbonyl (C=O) groups excluding carboxylic acids is 1. The number of primary sulfonamides is 1. The molecule has 0 aliphatic heterocycles. The fourth-order valence-electron chi connectivity index (χ4n) is 1.75. The van der Waals surface area contributed by atoms with Gasteiger partial charge in [-0.2, -0.15) is 0 Å². The Kier molecular flexibility index (Phi) is 4.78. The molecule has 118 valence electrons. The van der Waals surface area contributed by atoms with E-state index in [0.29, 0.717) is 23.7 Å². The summed E-state index contributed by atoms with van der Waals surface area (Å²) in [6, 6.07) is 7.94. The van der Waals surface area contributed by atoms with Crippen LogP contribution in [0.4, 0.5) is 10.6 Å². The van der Waals surface area contributed by atoms with Crippen molar-refractivity contribution in [1.29, 1.82) is 0 Å². The maximum absolute atomic E-state index is 11.6. The average Bonchev–Trinajstić information content (AvgIpc) is 2.81. The molecular weight excluding hydrogens is 308 g/mol. The van der Waals surface area contributed by atoms with Gasteiger partial charge in [0.2, 0.25) is 10.0 Å². The van der Waals surface area contributed by atoms with Crippen LogP contribution in [-0.2, 0) is 22.3 Å². The molecule has 8 nitrogen and oxygen atoms in total. The van der Waals surface area contributed by atoms with Crippen molar-refractivity contribution in [2.45, 2.75) is 19.2 Å². The summed E-state index contributed by atoms with van der Waals surface area (Å²) < 4.78 is 26.8. The largest absolute Gasteiger partial charge is 0.360 e. The Morgan fingerprint density at radius 3 is 2.45 bits per heavy atom. The van der Waals surface area contributed by atoms with Crippen LogP contribution in [0.3, 0.4) is 0 Å². The van der Waals surface area contributed by atoms with E-state index in [2.05, 4.69) is 15.8 Å². The van der Waals surface area contributed by atoms with Crippen molar-refractivity contribution in [1.82, 2.24) is 10.5 Å². The van der Waals surface area contributed by atoms with Gasteiger partial charge in [0.05, 0.1) is 5.75 Å². The highest BCUT2D eigenvalue weighted by Crippen LogP contribution is 2.08. The number of benzene rings is 1. The number of hydrogen-bond donors (Lipinski definition) is 3. The lowest BCUT2D eigenvalue weighted by Crippen LogP contribution is -2.28. The molecule has 1 aromatic carbocycles. The summed E-state index contributed by atoms with van der Waals surface area (Å²) in [6.45, 7) is 2.01. The molecule has 0 aliphatic carbocycles. The molecular formula is C13H16N4O4S. The molecule has 0 aliphatic rings. The number of hydrogen-bond acceptors (Lipinski definition) is 5. The molecule has 1 aromatic heterocycles. The monoisotopic (exact) mass is 324 g/mol. The first-order valence-corrected chi connectivity index (χ1v) is 8.10. The third kappa shape index (κ3) is 5.19. The van der Waals surface area contributed by atoms with Crippen LogP contribution in [0.25, 0.3) is 0 Å². The van der Waals surface area contributed by atoms with E-state index in [9.17, 15) is 13.2 Å². The molecule has 1 heterocycles. The third-order valence-corrected chi connectivity index (χ3v) is 3.45. The number of aryl methyl sites for hydroxylation is 1. The number of rotatable bonds is 5. The van der Waals surface area contributed by atoms with Crippen molar-refractivity contribution in [2.75, 3.05) is 5.32 Å². The summed E-state index contributed by atoms with van der Waals surface area (Å²) >= 11 is 0. The molecule has 0 radical (unpaired) electrons. The highest BCUT2D eigenvalue weighted by Gasteiger charge is 2.07. The van der Waals surface area contributed by atoms with E-state index in [-0.39, 0.29) is 5.75 Å². The molecule has 0 atom stereocenters. The zero-order chi connectivity index (χ0) is 16.2. The Bertz CT molecular complexity index is 753. The van der Waals surface area contributed by atoms with Gasteiger partial charge in [-0.15, -0.1) is 0 Å². The minimum Gasteiger partial charge on any atom is -0.360 e. The predicted molar refractivity (Wildman–Crippen MR) is 80.4 cm³/mol. The van der Waals surface area contributed by atoms with Crippen LogP contribution >= 0.6 is 0 Å². The number of carbonyl (C=O) groups is 1. The Balaban J connectivity index is 1.85. The van der Waals surface area contributed by atoms with Gasteiger partial charge in [-0.3, -0.25) is 5.32 Å². The topological polar surface area (TPSA) is 127 Å². The second-order valence-corrected chi connectivity index (χ2v) is 6.37. The van der Waals surface area contributed by atoms with E-state index in [0.717, 1.165) is 5.56 Å². The summed E-state index contributed by atoms with van der Waals surface area (Å²) in [5.74, 6) is 0.714. The summed E-state index contributed by atoms with van der Waals surface area (Å²) in [5, 5.41) is 13.8. The highest BCUT2D eigenvalue weighted by molar-refractivity contribution is 7.88. The summed E-state index contributed by atoms with van der Waals surface area (Å²) in [4.78, 5) is 11.6. The van der Waals surface area contributed by atoms with Crippen molar-refractivity contribution in [3.05, 3.63) is 47.2 Å². The molecule has 0 fully saturated rings. The van der Waals surface area contributed by atoms with Gasteiger partial charge < -0.3 is 9.84 Å². The number of sulfonamides is 1. The van der Waals surface area contributed by atoms with Gasteiger partial charge in [-0.25, -0.2) is 18.4 Å². The number of urea groups is 1. The summed E-state index contributed by atoms with van der Waals surface area (Å²) in [5.41, 5.74) is 1.42. The number of nitrogens with two attached hydrogens (primary N) is 1. The number of anilines is 1. The summed E-state index contributed by atoms with van der Waals surface area (Å²) in [7, 11) is -3.54. The van der Waals surface area contributed by atoms with Crippen molar-refractivity contribution >= 4 is 21.9 Å². The summed E-state index contributed by atoms with van der Waals surface area (Å²) in [6.07, 6.45) is 0. The minimum absolute atomic E-state index is 0.216. The van der Waals surface area contributed by atoms with Crippen LogP contribution in [0.5, 0.6) is 0 Å². The zero-order valence-corrected chi connectivity index (χ0v) is 12.7. The SMILES string of the molecule is Cc1cc(NC(=O)NCc2ccc(CS(N)(=O)=O)cc2)no1. The molecule has 22 heavy (non-hydrogen) atoms. The Labute approximate surface area is 127 Å². The van der Waals surface area contributed by atoms with Crippen LogP contribution in [-0.4, -0.2) is 19.6 Å². The molecule has 2 aromatic rings. The maximum Gasteiger partial charge on any atom is 0.320 e. The van der Waals surface area contributed by atoms with E-state index >= 15 is 0 Å². The van der Waals surface area contributed by atoms with Crippen LogP contribution in [0.15, 0.2) is 34.9 Å². The second kappa shape index (κ2) is 6.58. The molecule has 0 unspecified atom stereocenters. The van der Waals surface area contributed by atoms with E-state index in [1.807, 2.05) is 0 Å². The Morgan fingerprint density at radius 2 is 1.91 bits per heavy atom. The number of aromatic nitrogens is 1. The smallest absolute Gasteiger partial charge is 0.320 e. The van der Waals surface area contributed by atoms with Crippen molar-refractivity contribution in [3.8, 4) is 0 Å². The maximum atomic E-state index is 11.6. The zero-order valence-electron chi connectivity index (χ0n) is 11.9. The van der Waals surface area contributed by atoms with E-state index < -0.39 is 16.1 Å². The van der Waals surface area contributed by atoms with Gasteiger partial charge in [0, 0.05) is 12.6 Å². The molecule has 9 heteroatoms. The number of amides is 2. The van der Waals surface area contributed by atoms with Gasteiger partial charge in [0.15, 0.2) is 5.82 Å². The van der Waals surface area contributed by atoms with Crippen molar-refractivity contribution in [2.24, 2.45) is 5.14 Å². The lowest BCUT2D eigenvalue weighted by molar-refractivity contribution is 0.251. The molecule has 0 saturated heterocycles. The van der Waals surface area contributed by atoms with Gasteiger partial charge >= 0.3 is 6.03 Å². The normalized spacial score (nSPS) is 11.2. The quantitative estimate of drug-likeness (QED) is 0.758. The molecule has 4 N–H and O–H groups in total. The fraction of sp³-hybridized carbons (Fsp3) is 0.231. The molecule has 2 amide bonds. The molecule has 0 spiro atoms. The molecule has 2 rings (SSSR count). The molecule has 0 bridgehead atoms. The van der Waals surface area contributed by atoms with Gasteiger partial charge in [-0.05, 0) is 18.1 Å². The molecule has 0 saturated carbocycles. The van der Waals surface area contributed by atoms with Crippen LogP contribution in [0.2, 0.25) is 0 Å². The first-order chi connectivity index (χ1) is 10.3. The first kappa shape index (κ1) is 16.0. The lowest BCUT2D eigenvalue weighted by atomic mass is 10.1. The standard InChI is InChI=1S/C13H16N4O4S/c1-9-6-12(17-21-9)16-13(18)15-7-10-2-4-11(5-3-10)8-22(14,19)20/h2-6H,7-8H2,1H3,(H2,14,19,20)(H2,15,16,17,18). The number of nitrogens with one attached hydrogen (secondary N) is 2. The van der Waals surface area contributed by atoms with Gasteiger partial charge in [0.1, 0.15) is 5.76 Å². The Morgan fingerprint density at radius 1 is 1.27 bits per heavy atom. The Hall–Kier alpha value is -2.39. The van der Waals surface area contributed by atoms with Gasteiger partial charge in [-0.1, -0.05) is 29.4 Å². The van der Waals surface area contributed by atoms with Crippen molar-refractivity contribution in [3.63, 3.8) is 0 Å². The van der Waals surface area contributed by atoms with Crippen LogP contribution in [0, 0.1) is 6.92 Å². The second-order valence-electron chi connectivity index (χ2n) is 4.75. The average molecular weight is 324 g/mol. The van der Waals surface area contributed by atoms with E-state index in [4.69, 9.17) is 9.66 Å². The van der Waals surface area contributed by atoms with Crippen molar-refractivity contribution < 1.29 is 17.7 Å². The minimum atomic E-state index is -3.54. The predicted octanol–water partition coefficient (Wildman–Crippen LogP) is 1.09. The van der Waals surface area contributed by atoms with Gasteiger partial charge in [0.25, 0.3) is 0 Å². The fourth-order valence-corrected chi connectivity index (χ4v) is 2.41.